The van der Waals surface area contributed by atoms with Crippen molar-refractivity contribution in [1.29, 1.82) is 0 Å². The zero-order valence-electron chi connectivity index (χ0n) is 14.2. The Kier molecular flexibility index (Phi) is 6.40. The lowest BCUT2D eigenvalue weighted by Gasteiger charge is -2.07. The molecule has 0 radical (unpaired) electrons. The van der Waals surface area contributed by atoms with Crippen LogP contribution in [0.2, 0.25) is 0 Å². The van der Waals surface area contributed by atoms with Crippen molar-refractivity contribution in [3.63, 3.8) is 0 Å². The molecule has 2 rings (SSSR count). The first-order valence-electron chi connectivity index (χ1n) is 8.00. The summed E-state index contributed by atoms with van der Waals surface area (Å²) in [5.74, 6) is -1.27. The molecule has 2 aromatic rings. The lowest BCUT2D eigenvalue weighted by Crippen LogP contribution is -2.12. The van der Waals surface area contributed by atoms with Gasteiger partial charge in [-0.05, 0) is 30.7 Å². The van der Waals surface area contributed by atoms with Crippen LogP contribution in [0.25, 0.3) is 11.3 Å². The van der Waals surface area contributed by atoms with Gasteiger partial charge in [0.1, 0.15) is 0 Å². The molecular formula is C17H19N3O5S. The predicted octanol–water partition coefficient (Wildman–Crippen LogP) is 2.13. The van der Waals surface area contributed by atoms with E-state index in [2.05, 4.69) is 15.5 Å². The van der Waals surface area contributed by atoms with Crippen molar-refractivity contribution in [2.75, 3.05) is 11.1 Å². The van der Waals surface area contributed by atoms with Gasteiger partial charge >= 0.3 is 5.97 Å². The lowest BCUT2D eigenvalue weighted by atomic mass is 10.1. The number of sulfone groups is 1. The van der Waals surface area contributed by atoms with E-state index >= 15 is 0 Å². The molecule has 8 nitrogen and oxygen atoms in total. The van der Waals surface area contributed by atoms with Crippen LogP contribution < -0.4 is 5.32 Å². The van der Waals surface area contributed by atoms with E-state index in [4.69, 9.17) is 5.11 Å². The maximum atomic E-state index is 11.8. The van der Waals surface area contributed by atoms with Gasteiger partial charge in [-0.15, -0.1) is 10.2 Å². The number of hydrogen-bond donors (Lipinski definition) is 2. The topological polar surface area (TPSA) is 126 Å². The lowest BCUT2D eigenvalue weighted by molar-refractivity contribution is -0.137. The van der Waals surface area contributed by atoms with Gasteiger partial charge in [0.2, 0.25) is 5.91 Å². The van der Waals surface area contributed by atoms with E-state index in [0.29, 0.717) is 16.9 Å². The fraction of sp³-hybridized carbons (Fsp3) is 0.294. The molecule has 0 saturated heterocycles. The summed E-state index contributed by atoms with van der Waals surface area (Å²) in [6, 6.07) is 9.83. The number of carboxylic acid groups (broad SMARTS) is 1. The molecule has 26 heavy (non-hydrogen) atoms. The minimum Gasteiger partial charge on any atom is -0.481 e. The van der Waals surface area contributed by atoms with Crippen molar-refractivity contribution in [2.24, 2.45) is 0 Å². The Morgan fingerprint density at radius 2 is 1.88 bits per heavy atom. The van der Waals surface area contributed by atoms with Gasteiger partial charge < -0.3 is 10.4 Å². The number of nitrogens with zero attached hydrogens (tertiary/aromatic N) is 2. The molecule has 1 amide bonds. The highest BCUT2D eigenvalue weighted by atomic mass is 32.2. The Morgan fingerprint density at radius 3 is 2.50 bits per heavy atom. The van der Waals surface area contributed by atoms with Gasteiger partial charge in [-0.2, -0.15) is 0 Å². The van der Waals surface area contributed by atoms with Gasteiger partial charge in [-0.3, -0.25) is 9.59 Å². The number of carbonyl (C=O) groups excluding carboxylic acids is 1. The number of benzene rings is 1. The third kappa shape index (κ3) is 5.35. The second kappa shape index (κ2) is 8.52. The van der Waals surface area contributed by atoms with Crippen LogP contribution in [-0.2, 0) is 19.4 Å². The van der Waals surface area contributed by atoms with Crippen LogP contribution in [-0.4, -0.2) is 41.4 Å². The number of carbonyl (C=O) groups is 2. The van der Waals surface area contributed by atoms with Crippen LogP contribution in [0.5, 0.6) is 0 Å². The molecule has 0 spiro atoms. The summed E-state index contributed by atoms with van der Waals surface area (Å²) >= 11 is 0. The minimum absolute atomic E-state index is 0.0512. The van der Waals surface area contributed by atoms with Gasteiger partial charge in [0, 0.05) is 24.1 Å². The highest BCUT2D eigenvalue weighted by molar-refractivity contribution is 7.91. The van der Waals surface area contributed by atoms with E-state index in [-0.39, 0.29) is 35.9 Å². The standard InChI is InChI=1S/C17H19N3O5S/c1-2-26(24,25)16-10-9-14(19-20-16)12-5-3-6-13(11-12)18-15(21)7-4-8-17(22)23/h3,5-6,9-11H,2,4,7-8H2,1H3,(H,18,21)(H,22,23). The van der Waals surface area contributed by atoms with Crippen molar-refractivity contribution >= 4 is 27.4 Å². The molecule has 1 aromatic heterocycles. The Balaban J connectivity index is 2.09. The Bertz CT molecular complexity index is 895. The summed E-state index contributed by atoms with van der Waals surface area (Å²) in [5, 5.41) is 18.9. The second-order valence-corrected chi connectivity index (χ2v) is 7.76. The van der Waals surface area contributed by atoms with E-state index in [1.54, 1.807) is 30.3 Å². The van der Waals surface area contributed by atoms with Gasteiger partial charge in [-0.1, -0.05) is 19.1 Å². The van der Waals surface area contributed by atoms with Crippen LogP contribution in [0.4, 0.5) is 5.69 Å². The zero-order chi connectivity index (χ0) is 19.2. The second-order valence-electron chi connectivity index (χ2n) is 5.54. The van der Waals surface area contributed by atoms with Gasteiger partial charge in [-0.25, -0.2) is 8.42 Å². The van der Waals surface area contributed by atoms with Crippen molar-refractivity contribution < 1.29 is 23.1 Å². The average Bonchev–Trinajstić information content (AvgIpc) is 2.61. The molecule has 9 heteroatoms. The first-order valence-corrected chi connectivity index (χ1v) is 9.65. The number of nitrogens with one attached hydrogen (secondary N) is 1. The molecule has 0 fully saturated rings. The number of aromatic nitrogens is 2. The number of rotatable bonds is 8. The van der Waals surface area contributed by atoms with Crippen LogP contribution in [0, 0.1) is 0 Å². The molecule has 2 N–H and O–H groups in total. The molecule has 0 aliphatic carbocycles. The molecular weight excluding hydrogens is 358 g/mol. The Morgan fingerprint density at radius 1 is 1.12 bits per heavy atom. The number of amides is 1. The summed E-state index contributed by atoms with van der Waals surface area (Å²) in [6.45, 7) is 1.54. The third-order valence-electron chi connectivity index (χ3n) is 3.58. The van der Waals surface area contributed by atoms with E-state index in [1.807, 2.05) is 0 Å². The smallest absolute Gasteiger partial charge is 0.303 e. The SMILES string of the molecule is CCS(=O)(=O)c1ccc(-c2cccc(NC(=O)CCCC(=O)O)c2)nn1. The van der Waals surface area contributed by atoms with Crippen LogP contribution in [0.1, 0.15) is 26.2 Å². The average molecular weight is 377 g/mol. The van der Waals surface area contributed by atoms with Gasteiger partial charge in [0.25, 0.3) is 0 Å². The number of anilines is 1. The van der Waals surface area contributed by atoms with E-state index < -0.39 is 15.8 Å². The summed E-state index contributed by atoms with van der Waals surface area (Å²) in [4.78, 5) is 22.3. The fourth-order valence-corrected chi connectivity index (χ4v) is 2.90. The van der Waals surface area contributed by atoms with Crippen molar-refractivity contribution in [1.82, 2.24) is 10.2 Å². The quantitative estimate of drug-likeness (QED) is 0.721. The van der Waals surface area contributed by atoms with Crippen molar-refractivity contribution in [3.8, 4) is 11.3 Å². The molecule has 0 atom stereocenters. The van der Waals surface area contributed by atoms with Gasteiger partial charge in [0.05, 0.1) is 11.4 Å². The Hall–Kier alpha value is -2.81. The van der Waals surface area contributed by atoms with Gasteiger partial charge in [0.15, 0.2) is 14.9 Å². The molecule has 0 aliphatic rings. The first-order chi connectivity index (χ1) is 12.3. The summed E-state index contributed by atoms with van der Waals surface area (Å²) in [6.07, 6.45) is 0.315. The monoisotopic (exact) mass is 377 g/mol. The molecule has 0 saturated carbocycles. The zero-order valence-corrected chi connectivity index (χ0v) is 15.0. The van der Waals surface area contributed by atoms with Crippen LogP contribution >= 0.6 is 0 Å². The third-order valence-corrected chi connectivity index (χ3v) is 5.19. The highest BCUT2D eigenvalue weighted by Crippen LogP contribution is 2.21. The number of carboxylic acids is 1. The number of aliphatic carboxylic acids is 1. The minimum atomic E-state index is -3.41. The molecule has 0 bridgehead atoms. The Labute approximate surface area is 151 Å². The van der Waals surface area contributed by atoms with E-state index in [9.17, 15) is 18.0 Å². The molecule has 0 unspecified atom stereocenters. The summed E-state index contributed by atoms with van der Waals surface area (Å²) in [5.41, 5.74) is 1.68. The molecule has 0 aliphatic heterocycles. The van der Waals surface area contributed by atoms with Crippen molar-refractivity contribution in [2.45, 2.75) is 31.2 Å². The fourth-order valence-electron chi connectivity index (χ4n) is 2.17. The van der Waals surface area contributed by atoms with E-state index in [0.717, 1.165) is 0 Å². The van der Waals surface area contributed by atoms with Crippen LogP contribution in [0.3, 0.4) is 0 Å². The first kappa shape index (κ1) is 19.5. The van der Waals surface area contributed by atoms with E-state index in [1.165, 1.54) is 13.0 Å². The summed E-state index contributed by atoms with van der Waals surface area (Å²) < 4.78 is 23.5. The highest BCUT2D eigenvalue weighted by Gasteiger charge is 2.14. The molecule has 1 aromatic carbocycles. The molecule has 1 heterocycles. The predicted molar refractivity (Wildman–Crippen MR) is 95.3 cm³/mol. The molecule has 138 valence electrons. The normalized spacial score (nSPS) is 11.1. The summed E-state index contributed by atoms with van der Waals surface area (Å²) in [7, 11) is -3.41. The largest absolute Gasteiger partial charge is 0.481 e. The maximum absolute atomic E-state index is 11.8. The van der Waals surface area contributed by atoms with Crippen LogP contribution in [0.15, 0.2) is 41.4 Å². The van der Waals surface area contributed by atoms with Crippen molar-refractivity contribution in [3.05, 3.63) is 36.4 Å². The number of hydrogen-bond acceptors (Lipinski definition) is 6. The maximum Gasteiger partial charge on any atom is 0.303 e.